The number of hydrogen-bond donors (Lipinski definition) is 2. The van der Waals surface area contributed by atoms with Crippen LogP contribution in [0, 0.1) is 5.92 Å². The van der Waals surface area contributed by atoms with Crippen LogP contribution in [0.5, 0.6) is 0 Å². The normalized spacial score (nSPS) is 18.4. The highest BCUT2D eigenvalue weighted by Gasteiger charge is 2.45. The Bertz CT molecular complexity index is 515. The van der Waals surface area contributed by atoms with Crippen molar-refractivity contribution in [1.82, 2.24) is 10.3 Å². The van der Waals surface area contributed by atoms with Crippen LogP contribution in [-0.4, -0.2) is 28.1 Å². The fourth-order valence-electron chi connectivity index (χ4n) is 3.40. The standard InChI is InChI=1S/C17H24N2O2S/c1-18-15(22)17(16(20)21,14-9-5-6-12-19-14)11-10-13-7-3-2-4-8-13/h5-6,9,12-13H,2-4,7-8,10-11H2,1H3,(H,18,22)(H,20,21). The highest BCUT2D eigenvalue weighted by atomic mass is 32.1. The van der Waals surface area contributed by atoms with Gasteiger partial charge >= 0.3 is 5.97 Å². The van der Waals surface area contributed by atoms with Crippen molar-refractivity contribution in [2.24, 2.45) is 5.92 Å². The van der Waals surface area contributed by atoms with Gasteiger partial charge < -0.3 is 10.4 Å². The van der Waals surface area contributed by atoms with Gasteiger partial charge in [0.15, 0.2) is 5.41 Å². The number of nitrogens with one attached hydrogen (secondary N) is 1. The first-order chi connectivity index (χ1) is 10.6. The van der Waals surface area contributed by atoms with Gasteiger partial charge in [0.2, 0.25) is 0 Å². The van der Waals surface area contributed by atoms with Gasteiger partial charge in [-0.15, -0.1) is 0 Å². The van der Waals surface area contributed by atoms with Crippen LogP contribution in [0.1, 0.15) is 50.6 Å². The topological polar surface area (TPSA) is 62.2 Å². The van der Waals surface area contributed by atoms with Crippen molar-refractivity contribution in [3.05, 3.63) is 30.1 Å². The molecule has 0 aliphatic heterocycles. The fraction of sp³-hybridized carbons (Fsp3) is 0.588. The van der Waals surface area contributed by atoms with Crippen LogP contribution in [0.3, 0.4) is 0 Å². The summed E-state index contributed by atoms with van der Waals surface area (Å²) < 4.78 is 0. The molecule has 1 aromatic heterocycles. The van der Waals surface area contributed by atoms with Gasteiger partial charge in [-0.2, -0.15) is 0 Å². The Kier molecular flexibility index (Phi) is 5.89. The van der Waals surface area contributed by atoms with Crippen LogP contribution in [0.15, 0.2) is 24.4 Å². The lowest BCUT2D eigenvalue weighted by molar-refractivity contribution is -0.141. The van der Waals surface area contributed by atoms with Crippen LogP contribution >= 0.6 is 12.2 Å². The predicted molar refractivity (Wildman–Crippen MR) is 91.0 cm³/mol. The molecule has 0 amide bonds. The molecular weight excluding hydrogens is 296 g/mol. The van der Waals surface area contributed by atoms with Crippen molar-refractivity contribution < 1.29 is 9.90 Å². The zero-order valence-electron chi connectivity index (χ0n) is 13.0. The Hall–Kier alpha value is -1.49. The number of aromatic nitrogens is 1. The molecule has 5 heteroatoms. The van der Waals surface area contributed by atoms with Gasteiger partial charge in [-0.3, -0.25) is 9.78 Å². The summed E-state index contributed by atoms with van der Waals surface area (Å²) in [6, 6.07) is 5.37. The quantitative estimate of drug-likeness (QED) is 0.787. The van der Waals surface area contributed by atoms with E-state index in [0.29, 0.717) is 23.0 Å². The van der Waals surface area contributed by atoms with Gasteiger partial charge in [-0.25, -0.2) is 0 Å². The molecule has 0 bridgehead atoms. The van der Waals surface area contributed by atoms with Crippen molar-refractivity contribution in [1.29, 1.82) is 0 Å². The van der Waals surface area contributed by atoms with Crippen LogP contribution < -0.4 is 5.32 Å². The smallest absolute Gasteiger partial charge is 0.322 e. The van der Waals surface area contributed by atoms with Crippen molar-refractivity contribution >= 4 is 23.2 Å². The molecule has 0 aromatic carbocycles. The van der Waals surface area contributed by atoms with E-state index in [2.05, 4.69) is 10.3 Å². The third kappa shape index (κ3) is 3.46. The number of carboxylic acid groups (broad SMARTS) is 1. The highest BCUT2D eigenvalue weighted by Crippen LogP contribution is 2.35. The van der Waals surface area contributed by atoms with E-state index in [1.807, 2.05) is 6.07 Å². The van der Waals surface area contributed by atoms with E-state index in [0.717, 1.165) is 6.42 Å². The maximum absolute atomic E-state index is 12.1. The number of rotatable bonds is 6. The summed E-state index contributed by atoms with van der Waals surface area (Å²) >= 11 is 5.38. The number of nitrogens with zero attached hydrogens (tertiary/aromatic N) is 1. The van der Waals surface area contributed by atoms with Crippen LogP contribution in [0.25, 0.3) is 0 Å². The molecule has 1 aromatic rings. The molecule has 0 saturated heterocycles. The summed E-state index contributed by atoms with van der Waals surface area (Å²) in [5.74, 6) is -0.308. The Morgan fingerprint density at radius 3 is 2.68 bits per heavy atom. The molecule has 1 aliphatic rings. The summed E-state index contributed by atoms with van der Waals surface area (Å²) in [5.41, 5.74) is -0.694. The lowest BCUT2D eigenvalue weighted by atomic mass is 9.75. The second kappa shape index (κ2) is 7.68. The van der Waals surface area contributed by atoms with Crippen LogP contribution in [-0.2, 0) is 10.2 Å². The average Bonchev–Trinajstić information content (AvgIpc) is 2.56. The zero-order valence-corrected chi connectivity index (χ0v) is 13.9. The molecule has 2 rings (SSSR count). The monoisotopic (exact) mass is 320 g/mol. The van der Waals surface area contributed by atoms with E-state index in [-0.39, 0.29) is 0 Å². The third-order valence-corrected chi connectivity index (χ3v) is 5.29. The second-order valence-corrected chi connectivity index (χ2v) is 6.46. The Morgan fingerprint density at radius 1 is 1.41 bits per heavy atom. The number of thiocarbonyl (C=S) groups is 1. The fourth-order valence-corrected chi connectivity index (χ4v) is 3.69. The van der Waals surface area contributed by atoms with Gasteiger partial charge in [0, 0.05) is 13.2 Å². The molecule has 2 N–H and O–H groups in total. The number of carbonyl (C=O) groups is 1. The largest absolute Gasteiger partial charge is 0.480 e. The molecule has 4 nitrogen and oxygen atoms in total. The highest BCUT2D eigenvalue weighted by molar-refractivity contribution is 7.80. The first kappa shape index (κ1) is 16.9. The molecule has 0 radical (unpaired) electrons. The molecule has 120 valence electrons. The van der Waals surface area contributed by atoms with Gasteiger partial charge in [0.1, 0.15) is 0 Å². The van der Waals surface area contributed by atoms with E-state index in [9.17, 15) is 9.90 Å². The van der Waals surface area contributed by atoms with Crippen LogP contribution in [0.4, 0.5) is 0 Å². The number of pyridine rings is 1. The van der Waals surface area contributed by atoms with Gasteiger partial charge in [0.05, 0.1) is 10.7 Å². The SMILES string of the molecule is CNC(=S)C(CCC1CCCCC1)(C(=O)O)c1ccccn1. The van der Waals surface area contributed by atoms with E-state index in [4.69, 9.17) is 12.2 Å². The van der Waals surface area contributed by atoms with Gasteiger partial charge in [-0.05, 0) is 30.9 Å². The molecule has 22 heavy (non-hydrogen) atoms. The lowest BCUT2D eigenvalue weighted by Gasteiger charge is -2.32. The summed E-state index contributed by atoms with van der Waals surface area (Å²) in [5, 5.41) is 12.8. The second-order valence-electron chi connectivity index (χ2n) is 6.05. The predicted octanol–water partition coefficient (Wildman–Crippen LogP) is 3.31. The number of likely N-dealkylation sites (N-methyl/N-ethyl adjacent to an activating group) is 1. The summed E-state index contributed by atoms with van der Waals surface area (Å²) in [6.07, 6.45) is 9.22. The minimum Gasteiger partial charge on any atom is -0.480 e. The number of aliphatic carboxylic acids is 1. The maximum atomic E-state index is 12.1. The van der Waals surface area contributed by atoms with Gasteiger partial charge in [-0.1, -0.05) is 50.4 Å². The minimum absolute atomic E-state index is 0.342. The van der Waals surface area contributed by atoms with Crippen LogP contribution in [0.2, 0.25) is 0 Å². The third-order valence-electron chi connectivity index (χ3n) is 4.73. The van der Waals surface area contributed by atoms with Crippen molar-refractivity contribution in [3.8, 4) is 0 Å². The zero-order chi connectivity index (χ0) is 16.0. The number of hydrogen-bond acceptors (Lipinski definition) is 3. The molecular formula is C17H24N2O2S. The molecule has 1 aliphatic carbocycles. The molecule has 1 heterocycles. The van der Waals surface area contributed by atoms with Gasteiger partial charge in [0.25, 0.3) is 0 Å². The molecule has 0 spiro atoms. The molecule has 1 saturated carbocycles. The molecule has 1 unspecified atom stereocenters. The Morgan fingerprint density at radius 2 is 2.14 bits per heavy atom. The van der Waals surface area contributed by atoms with E-state index in [1.165, 1.54) is 32.1 Å². The Labute approximate surface area is 137 Å². The first-order valence-electron chi connectivity index (χ1n) is 7.98. The summed E-state index contributed by atoms with van der Waals surface area (Å²) in [7, 11) is 1.68. The van der Waals surface area contributed by atoms with E-state index >= 15 is 0 Å². The molecule has 1 fully saturated rings. The minimum atomic E-state index is -1.22. The Balaban J connectivity index is 2.27. The van der Waals surface area contributed by atoms with E-state index in [1.54, 1.807) is 25.4 Å². The molecule has 1 atom stereocenters. The lowest BCUT2D eigenvalue weighted by Crippen LogP contribution is -2.49. The van der Waals surface area contributed by atoms with Crippen molar-refractivity contribution in [2.45, 2.75) is 50.4 Å². The first-order valence-corrected chi connectivity index (χ1v) is 8.39. The average molecular weight is 320 g/mol. The van der Waals surface area contributed by atoms with Crippen molar-refractivity contribution in [2.75, 3.05) is 7.05 Å². The van der Waals surface area contributed by atoms with Crippen molar-refractivity contribution in [3.63, 3.8) is 0 Å². The summed E-state index contributed by atoms with van der Waals surface area (Å²) in [4.78, 5) is 16.8. The summed E-state index contributed by atoms with van der Waals surface area (Å²) in [6.45, 7) is 0. The number of carboxylic acids is 1. The van der Waals surface area contributed by atoms with E-state index < -0.39 is 11.4 Å². The maximum Gasteiger partial charge on any atom is 0.322 e.